The Morgan fingerprint density at radius 3 is 1.43 bits per heavy atom. The van der Waals surface area contributed by atoms with Gasteiger partial charge < -0.3 is 9.13 Å². The van der Waals surface area contributed by atoms with E-state index in [1.807, 2.05) is 49.1 Å². The third kappa shape index (κ3) is 9.10. The smallest absolute Gasteiger partial charge is 0.0704 e. The minimum atomic E-state index is 0.743. The van der Waals surface area contributed by atoms with E-state index in [1.165, 1.54) is 88.4 Å². The number of hydrogen-bond acceptors (Lipinski definition) is 4. The molecule has 4 aliphatic carbocycles. The van der Waals surface area contributed by atoms with E-state index >= 15 is 0 Å². The average molecular weight is 1130 g/mol. The standard InChI is InChI=1S/C82H62N6/c1-4-17-62(53(3)75-22-9-13-40-83-75)56-29-36-79-71(46-56)72-47-57(63-18-5-7-20-66(63)76-23-10-14-41-84-76)30-37-80(72)87(79)60-33-27-54-45-55-28-34-61(51-69(55)68(54)50-60)88-81-38-31-58(64-19-6-8-21-67(64)77-24-11-15-42-85-77)48-73(81)74-49-59(32-39-82(74)88)65-35-26-52(2)44-70(65)78-25-12-16-43-86-78/h4,9-43,46-51H,2,5-8,44-45H2,1,3H3/b17-4-,62-53-. The van der Waals surface area contributed by atoms with Crippen molar-refractivity contribution in [2.24, 2.45) is 0 Å². The van der Waals surface area contributed by atoms with E-state index in [0.717, 1.165) is 123 Å². The van der Waals surface area contributed by atoms with Crippen LogP contribution in [0, 0.1) is 0 Å². The van der Waals surface area contributed by atoms with Crippen molar-refractivity contribution in [1.29, 1.82) is 0 Å². The molecular formula is C82H62N6. The number of allylic oxidation sites excluding steroid dienone is 17. The first-order valence-electron chi connectivity index (χ1n) is 30.8. The third-order valence-corrected chi connectivity index (χ3v) is 18.3. The number of nitrogens with zero attached hydrogens (tertiary/aromatic N) is 6. The van der Waals surface area contributed by atoms with Gasteiger partial charge in [-0.05, 0) is 252 Å². The second kappa shape index (κ2) is 21.9. The molecule has 0 fully saturated rings. The van der Waals surface area contributed by atoms with Crippen LogP contribution in [0.15, 0.2) is 268 Å². The molecular weight excluding hydrogens is 1070 g/mol. The van der Waals surface area contributed by atoms with Crippen molar-refractivity contribution >= 4 is 88.2 Å². The molecule has 420 valence electrons. The average Bonchev–Trinajstić information content (AvgIpc) is 1.84. The fourth-order valence-electron chi connectivity index (χ4n) is 14.2. The highest BCUT2D eigenvalue weighted by atomic mass is 15.0. The Kier molecular flexibility index (Phi) is 13.1. The molecule has 0 saturated heterocycles. The van der Waals surface area contributed by atoms with Gasteiger partial charge in [-0.2, -0.15) is 0 Å². The van der Waals surface area contributed by atoms with Crippen molar-refractivity contribution in [3.05, 3.63) is 324 Å². The van der Waals surface area contributed by atoms with Crippen LogP contribution in [0.25, 0.3) is 111 Å². The maximum absolute atomic E-state index is 4.85. The molecule has 12 aromatic rings. The van der Waals surface area contributed by atoms with Gasteiger partial charge in [-0.3, -0.25) is 19.9 Å². The highest BCUT2D eigenvalue weighted by Gasteiger charge is 2.26. The Balaban J connectivity index is 0.853. The maximum Gasteiger partial charge on any atom is 0.0704 e. The van der Waals surface area contributed by atoms with E-state index in [9.17, 15) is 0 Å². The topological polar surface area (TPSA) is 61.4 Å². The molecule has 4 aliphatic rings. The van der Waals surface area contributed by atoms with Crippen molar-refractivity contribution in [1.82, 2.24) is 29.1 Å². The fourth-order valence-corrected chi connectivity index (χ4v) is 14.2. The van der Waals surface area contributed by atoms with Gasteiger partial charge in [-0.15, -0.1) is 0 Å². The summed E-state index contributed by atoms with van der Waals surface area (Å²) in [6.07, 6.45) is 31.4. The Bertz CT molecular complexity index is 5130. The van der Waals surface area contributed by atoms with Crippen LogP contribution >= 0.6 is 0 Å². The van der Waals surface area contributed by atoms with Gasteiger partial charge in [-0.25, -0.2) is 0 Å². The summed E-state index contributed by atoms with van der Waals surface area (Å²) in [6.45, 7) is 8.66. The first kappa shape index (κ1) is 52.7. The molecule has 88 heavy (non-hydrogen) atoms. The zero-order valence-electron chi connectivity index (χ0n) is 49.4. The van der Waals surface area contributed by atoms with Crippen LogP contribution in [-0.4, -0.2) is 29.1 Å². The lowest BCUT2D eigenvalue weighted by atomic mass is 9.87. The van der Waals surface area contributed by atoms with Crippen LogP contribution in [0.5, 0.6) is 0 Å². The Morgan fingerprint density at radius 1 is 0.443 bits per heavy atom. The van der Waals surface area contributed by atoms with Crippen molar-refractivity contribution in [2.45, 2.75) is 52.4 Å². The largest absolute Gasteiger partial charge is 0.309 e. The summed E-state index contributed by atoms with van der Waals surface area (Å²) in [7, 11) is 0. The van der Waals surface area contributed by atoms with E-state index in [0.29, 0.717) is 0 Å². The Morgan fingerprint density at radius 2 is 0.920 bits per heavy atom. The number of hydrogen-bond donors (Lipinski definition) is 0. The molecule has 6 heterocycles. The number of benzene rings is 6. The molecule has 0 saturated carbocycles. The van der Waals surface area contributed by atoms with E-state index in [4.69, 9.17) is 19.9 Å². The van der Waals surface area contributed by atoms with Gasteiger partial charge in [0.25, 0.3) is 0 Å². The monoisotopic (exact) mass is 1130 g/mol. The van der Waals surface area contributed by atoms with Gasteiger partial charge in [-0.1, -0.05) is 121 Å². The SMILES string of the molecule is C=C1C=CC(c2ccc3c(c2)c2cc(C4=CCCC=C4c4ccccn4)ccc2n3-c2ccc3c(c2)-c2cc(-n4c5ccc(C6=CCCC=C6c6ccccn6)cc5c5cc(C(/C=C\C)=C(/C)c6ccccn6)ccc54)ccc2C3)=C(c2ccccn2)C1. The third-order valence-electron chi connectivity index (χ3n) is 18.3. The van der Waals surface area contributed by atoms with E-state index in [1.54, 1.807) is 0 Å². The first-order valence-corrected chi connectivity index (χ1v) is 30.8. The van der Waals surface area contributed by atoms with Gasteiger partial charge in [0.2, 0.25) is 0 Å². The van der Waals surface area contributed by atoms with E-state index in [-0.39, 0.29) is 0 Å². The molecule has 6 nitrogen and oxygen atoms in total. The van der Waals surface area contributed by atoms with Crippen LogP contribution in [0.2, 0.25) is 0 Å². The molecule has 0 radical (unpaired) electrons. The molecule has 16 rings (SSSR count). The summed E-state index contributed by atoms with van der Waals surface area (Å²) >= 11 is 0. The lowest BCUT2D eigenvalue weighted by Gasteiger charge is -2.18. The van der Waals surface area contributed by atoms with Crippen molar-refractivity contribution < 1.29 is 0 Å². The van der Waals surface area contributed by atoms with Crippen molar-refractivity contribution in [2.75, 3.05) is 0 Å². The van der Waals surface area contributed by atoms with Gasteiger partial charge in [0.15, 0.2) is 0 Å². The van der Waals surface area contributed by atoms with E-state index in [2.05, 4.69) is 236 Å². The van der Waals surface area contributed by atoms with Gasteiger partial charge in [0, 0.05) is 68.9 Å². The molecule has 0 aliphatic heterocycles. The van der Waals surface area contributed by atoms with Crippen molar-refractivity contribution in [3.8, 4) is 22.5 Å². The summed E-state index contributed by atoms with van der Waals surface area (Å²) in [5, 5.41) is 4.80. The van der Waals surface area contributed by atoms with Gasteiger partial charge >= 0.3 is 0 Å². The van der Waals surface area contributed by atoms with Gasteiger partial charge in [0.05, 0.1) is 44.8 Å². The molecule has 0 amide bonds. The maximum atomic E-state index is 4.85. The summed E-state index contributed by atoms with van der Waals surface area (Å²) in [5.74, 6) is 0. The summed E-state index contributed by atoms with van der Waals surface area (Å²) < 4.78 is 4.97. The van der Waals surface area contributed by atoms with Crippen LogP contribution in [0.1, 0.15) is 102 Å². The molecule has 6 aromatic heterocycles. The molecule has 0 atom stereocenters. The first-order chi connectivity index (χ1) is 43.4. The highest BCUT2D eigenvalue weighted by molar-refractivity contribution is 6.16. The molecule has 0 bridgehead atoms. The molecule has 0 spiro atoms. The molecule has 0 N–H and O–H groups in total. The predicted octanol–water partition coefficient (Wildman–Crippen LogP) is 20.5. The zero-order chi connectivity index (χ0) is 58.8. The zero-order valence-corrected chi connectivity index (χ0v) is 49.4. The number of pyridine rings is 4. The minimum absolute atomic E-state index is 0.743. The lowest BCUT2D eigenvalue weighted by molar-refractivity contribution is 1.04. The van der Waals surface area contributed by atoms with Crippen LogP contribution < -0.4 is 0 Å². The predicted molar refractivity (Wildman–Crippen MR) is 368 cm³/mol. The minimum Gasteiger partial charge on any atom is -0.309 e. The van der Waals surface area contributed by atoms with Crippen molar-refractivity contribution in [3.63, 3.8) is 0 Å². The Labute approximate surface area is 513 Å². The van der Waals surface area contributed by atoms with Gasteiger partial charge in [0.1, 0.15) is 0 Å². The number of aromatic nitrogens is 6. The second-order valence-corrected chi connectivity index (χ2v) is 23.5. The molecule has 6 heteroatoms. The van der Waals surface area contributed by atoms with Crippen LogP contribution in [0.4, 0.5) is 0 Å². The summed E-state index contributed by atoms with van der Waals surface area (Å²) in [5.41, 5.74) is 31.3. The number of rotatable bonds is 11. The van der Waals surface area contributed by atoms with Crippen LogP contribution in [0.3, 0.4) is 0 Å². The quantitative estimate of drug-likeness (QED) is 0.121. The summed E-state index contributed by atoms with van der Waals surface area (Å²) in [6, 6.07) is 67.2. The second-order valence-electron chi connectivity index (χ2n) is 23.5. The van der Waals surface area contributed by atoms with E-state index < -0.39 is 0 Å². The highest BCUT2D eigenvalue weighted by Crippen LogP contribution is 2.46. The van der Waals surface area contributed by atoms with Crippen LogP contribution in [-0.2, 0) is 6.42 Å². The molecule has 6 aromatic carbocycles. The number of fused-ring (bicyclic) bond motifs is 9. The fraction of sp³-hybridized carbons (Fsp3) is 0.0976. The summed E-state index contributed by atoms with van der Waals surface area (Å²) in [4.78, 5) is 19.3. The molecule has 0 unspecified atom stereocenters. The normalized spacial score (nSPS) is 15.2. The Hall–Kier alpha value is -10.8. The lowest BCUT2D eigenvalue weighted by Crippen LogP contribution is -1.99.